The van der Waals surface area contributed by atoms with E-state index in [0.717, 1.165) is 82.2 Å². The summed E-state index contributed by atoms with van der Waals surface area (Å²) in [4.78, 5) is 58.1. The third-order valence-electron chi connectivity index (χ3n) is 11.6. The van der Waals surface area contributed by atoms with Crippen molar-refractivity contribution in [3.8, 4) is 39.4 Å². The molecule has 14 nitrogen and oxygen atoms in total. The van der Waals surface area contributed by atoms with Gasteiger partial charge < -0.3 is 39.5 Å². The Bertz CT molecular complexity index is 2110. The number of H-pyrrole nitrogens is 2. The number of fused-ring (bicyclic) bond motifs is 6. The van der Waals surface area contributed by atoms with Crippen LogP contribution in [0.1, 0.15) is 80.6 Å². The molecular formula is C40H47N7O7. The minimum Gasteiger partial charge on any atom is -0.488 e. The first-order valence-corrected chi connectivity index (χ1v) is 18.8. The molecule has 14 heteroatoms. The van der Waals surface area contributed by atoms with E-state index in [2.05, 4.69) is 50.6 Å². The Labute approximate surface area is 313 Å². The third-order valence-corrected chi connectivity index (χ3v) is 11.6. The van der Waals surface area contributed by atoms with Crippen molar-refractivity contribution < 1.29 is 33.7 Å². The summed E-state index contributed by atoms with van der Waals surface area (Å²) in [7, 11) is 2.93. The molecule has 2 saturated heterocycles. The minimum absolute atomic E-state index is 0.00243. The van der Waals surface area contributed by atoms with Crippen molar-refractivity contribution in [1.82, 2.24) is 35.1 Å². The summed E-state index contributed by atoms with van der Waals surface area (Å²) in [5.74, 6) is 2.08. The molecule has 54 heavy (non-hydrogen) atoms. The standard InChI is InChI=1S/C40H47N7O7/c1-20(2)34(45-39(49)53-5)38(48)47-21(3)6-11-31(47)37-42-29-10-8-23-14-28-26-9-7-24(13-25(26)19-54-33(28)15-27(23)35(29)44-37)30-16-41-36(43-30)32-12-22(18-52-4)17-46(32)40(50)51/h7,9,13-16,20-22,31-32,34H,6,8,10-12,17-19H2,1-5H3,(H,41,43)(H,42,44)(H,45,49)(H,50,51)/t21-,22-,31-,32-,34?/m0/s1. The van der Waals surface area contributed by atoms with Gasteiger partial charge in [0.1, 0.15) is 30.0 Å². The van der Waals surface area contributed by atoms with E-state index >= 15 is 0 Å². The number of imidazole rings is 2. The zero-order valence-electron chi connectivity index (χ0n) is 31.3. The molecule has 2 fully saturated rings. The number of aromatic nitrogens is 4. The second-order valence-electron chi connectivity index (χ2n) is 15.3. The second kappa shape index (κ2) is 14.1. The predicted octanol–water partition coefficient (Wildman–Crippen LogP) is 6.24. The summed E-state index contributed by atoms with van der Waals surface area (Å²) in [6.07, 6.45) is 4.06. The molecule has 0 bridgehead atoms. The number of carbonyl (C=O) groups is 3. The number of aryl methyl sites for hydroxylation is 2. The maximum absolute atomic E-state index is 13.9. The summed E-state index contributed by atoms with van der Waals surface area (Å²) < 4.78 is 16.5. The number of carbonyl (C=O) groups excluding carboxylic acids is 2. The molecule has 0 saturated carbocycles. The minimum atomic E-state index is -0.958. The molecule has 3 aliphatic heterocycles. The van der Waals surface area contributed by atoms with E-state index in [1.807, 2.05) is 25.7 Å². The molecule has 0 radical (unpaired) electrons. The van der Waals surface area contributed by atoms with Crippen LogP contribution in [0.4, 0.5) is 9.59 Å². The number of likely N-dealkylation sites (tertiary alicyclic amines) is 2. The zero-order chi connectivity index (χ0) is 37.8. The fourth-order valence-electron chi connectivity index (χ4n) is 8.82. The Morgan fingerprint density at radius 3 is 2.61 bits per heavy atom. The highest BCUT2D eigenvalue weighted by Crippen LogP contribution is 2.46. The van der Waals surface area contributed by atoms with Crippen LogP contribution in [0.5, 0.6) is 5.75 Å². The van der Waals surface area contributed by atoms with Gasteiger partial charge in [-0.3, -0.25) is 9.69 Å². The Kier molecular flexibility index (Phi) is 9.32. The smallest absolute Gasteiger partial charge is 0.407 e. The van der Waals surface area contributed by atoms with Crippen molar-refractivity contribution in [1.29, 1.82) is 0 Å². The van der Waals surface area contributed by atoms with Crippen molar-refractivity contribution in [2.24, 2.45) is 11.8 Å². The zero-order valence-corrected chi connectivity index (χ0v) is 31.3. The molecule has 0 spiro atoms. The topological polar surface area (TPSA) is 175 Å². The quantitative estimate of drug-likeness (QED) is 0.163. The molecule has 1 unspecified atom stereocenters. The van der Waals surface area contributed by atoms with Gasteiger partial charge in [0.05, 0.1) is 49.1 Å². The molecule has 5 atom stereocenters. The van der Waals surface area contributed by atoms with Crippen molar-refractivity contribution in [3.63, 3.8) is 0 Å². The molecule has 4 aliphatic rings. The van der Waals surface area contributed by atoms with Crippen LogP contribution in [0.3, 0.4) is 0 Å². The number of ether oxygens (including phenoxy) is 3. The lowest BCUT2D eigenvalue weighted by Crippen LogP contribution is -2.52. The lowest BCUT2D eigenvalue weighted by Gasteiger charge is -2.32. The average Bonchev–Trinajstić information content (AvgIpc) is 3.98. The Morgan fingerprint density at radius 2 is 1.85 bits per heavy atom. The van der Waals surface area contributed by atoms with Crippen LogP contribution in [0.15, 0.2) is 36.5 Å². The molecule has 3 amide bonds. The SMILES string of the molecule is COC[C@H]1C[C@@H](c2ncc(-c3ccc4c(c3)COc3cc5c(cc3-4)CCc3nc([C@@H]4CC[C@H](C)N4C(=O)C(NC(=O)OC)C(C)C)[nH]c3-5)[nH]2)N(C(=O)O)C1. The fourth-order valence-corrected chi connectivity index (χ4v) is 8.82. The molecule has 8 rings (SSSR count). The average molecular weight is 738 g/mol. The van der Waals surface area contributed by atoms with E-state index in [1.165, 1.54) is 17.6 Å². The number of aromatic amines is 2. The van der Waals surface area contributed by atoms with Gasteiger partial charge in [0.25, 0.3) is 0 Å². The maximum Gasteiger partial charge on any atom is 0.407 e. The van der Waals surface area contributed by atoms with Crippen LogP contribution < -0.4 is 10.1 Å². The molecule has 284 valence electrons. The van der Waals surface area contributed by atoms with Gasteiger partial charge in [-0.05, 0) is 85.4 Å². The first-order chi connectivity index (χ1) is 26.0. The molecule has 4 aromatic rings. The Morgan fingerprint density at radius 1 is 1.02 bits per heavy atom. The van der Waals surface area contributed by atoms with Crippen LogP contribution in [0.2, 0.25) is 0 Å². The number of hydrogen-bond acceptors (Lipinski definition) is 8. The van der Waals surface area contributed by atoms with E-state index < -0.39 is 18.2 Å². The number of methoxy groups -OCH3 is 2. The lowest BCUT2D eigenvalue weighted by atomic mass is 9.86. The summed E-state index contributed by atoms with van der Waals surface area (Å²) in [5, 5.41) is 12.6. The summed E-state index contributed by atoms with van der Waals surface area (Å²) >= 11 is 0. The number of amides is 3. The number of carboxylic acid groups (broad SMARTS) is 1. The second-order valence-corrected chi connectivity index (χ2v) is 15.3. The van der Waals surface area contributed by atoms with Crippen LogP contribution in [-0.4, -0.2) is 92.4 Å². The number of nitrogens with one attached hydrogen (secondary N) is 3. The third kappa shape index (κ3) is 6.25. The lowest BCUT2D eigenvalue weighted by molar-refractivity contribution is -0.137. The van der Waals surface area contributed by atoms with E-state index in [4.69, 9.17) is 19.2 Å². The largest absolute Gasteiger partial charge is 0.488 e. The van der Waals surface area contributed by atoms with E-state index in [1.54, 1.807) is 13.3 Å². The Hall–Kier alpha value is -5.37. The fraction of sp³-hybridized carbons (Fsp3) is 0.475. The summed E-state index contributed by atoms with van der Waals surface area (Å²) in [5.41, 5.74) is 9.21. The first-order valence-electron chi connectivity index (χ1n) is 18.8. The highest BCUT2D eigenvalue weighted by Gasteiger charge is 2.42. The number of nitrogens with zero attached hydrogens (tertiary/aromatic N) is 4. The molecule has 2 aromatic carbocycles. The predicted molar refractivity (Wildman–Crippen MR) is 199 cm³/mol. The summed E-state index contributed by atoms with van der Waals surface area (Å²) in [6, 6.07) is 9.37. The van der Waals surface area contributed by atoms with Crippen molar-refractivity contribution in [3.05, 3.63) is 65.0 Å². The first kappa shape index (κ1) is 35.6. The van der Waals surface area contributed by atoms with E-state index in [9.17, 15) is 19.5 Å². The number of benzene rings is 2. The van der Waals surface area contributed by atoms with Crippen molar-refractivity contribution in [2.75, 3.05) is 27.4 Å². The van der Waals surface area contributed by atoms with Gasteiger partial charge >= 0.3 is 12.2 Å². The van der Waals surface area contributed by atoms with Gasteiger partial charge in [-0.1, -0.05) is 26.0 Å². The summed E-state index contributed by atoms with van der Waals surface area (Å²) in [6.45, 7) is 7.21. The van der Waals surface area contributed by atoms with E-state index in [0.29, 0.717) is 32.0 Å². The van der Waals surface area contributed by atoms with Crippen molar-refractivity contribution >= 4 is 18.1 Å². The molecule has 4 N–H and O–H groups in total. The van der Waals surface area contributed by atoms with Gasteiger partial charge in [0.2, 0.25) is 5.91 Å². The van der Waals surface area contributed by atoms with Gasteiger partial charge in [0.15, 0.2) is 0 Å². The van der Waals surface area contributed by atoms with Gasteiger partial charge in [0, 0.05) is 36.7 Å². The number of hydrogen-bond donors (Lipinski definition) is 4. The van der Waals surface area contributed by atoms with Crippen molar-refractivity contribution in [2.45, 2.75) is 83.6 Å². The molecule has 1 aliphatic carbocycles. The Balaban J connectivity index is 1.04. The van der Waals surface area contributed by atoms with Crippen LogP contribution in [0.25, 0.3) is 33.6 Å². The van der Waals surface area contributed by atoms with Gasteiger partial charge in [-0.15, -0.1) is 0 Å². The maximum atomic E-state index is 13.9. The van der Waals surface area contributed by atoms with Crippen LogP contribution >= 0.6 is 0 Å². The van der Waals surface area contributed by atoms with Crippen LogP contribution in [-0.2, 0) is 33.7 Å². The molecule has 5 heterocycles. The highest BCUT2D eigenvalue weighted by atomic mass is 16.5. The molecular weight excluding hydrogens is 690 g/mol. The van der Waals surface area contributed by atoms with Gasteiger partial charge in [-0.25, -0.2) is 19.6 Å². The highest BCUT2D eigenvalue weighted by molar-refractivity contribution is 5.87. The van der Waals surface area contributed by atoms with Crippen LogP contribution in [0, 0.1) is 11.8 Å². The normalized spacial score (nSPS) is 21.9. The number of rotatable bonds is 8. The monoisotopic (exact) mass is 737 g/mol. The van der Waals surface area contributed by atoms with Gasteiger partial charge in [-0.2, -0.15) is 0 Å². The van der Waals surface area contributed by atoms with E-state index in [-0.39, 0.29) is 35.9 Å². The molecule has 2 aromatic heterocycles. The number of alkyl carbamates (subject to hydrolysis) is 1.